The smallest absolute Gasteiger partial charge is 0.138 e. The predicted octanol–water partition coefficient (Wildman–Crippen LogP) is 3.93. The van der Waals surface area contributed by atoms with Crippen LogP contribution in [0.15, 0.2) is 24.4 Å². The normalized spacial score (nSPS) is 14.0. The van der Waals surface area contributed by atoms with Crippen molar-refractivity contribution in [3.63, 3.8) is 0 Å². The quantitative estimate of drug-likeness (QED) is 0.790. The molecular formula is C18H20N4S. The van der Waals surface area contributed by atoms with Gasteiger partial charge in [0.15, 0.2) is 0 Å². The zero-order valence-corrected chi connectivity index (χ0v) is 14.1. The number of rotatable bonds is 4. The van der Waals surface area contributed by atoms with Crippen molar-refractivity contribution in [3.05, 3.63) is 46.4 Å². The van der Waals surface area contributed by atoms with E-state index in [0.29, 0.717) is 0 Å². The number of nitrogens with one attached hydrogen (secondary N) is 1. The molecule has 0 amide bonds. The monoisotopic (exact) mass is 324 g/mol. The molecule has 1 aliphatic carbocycles. The zero-order valence-electron chi connectivity index (χ0n) is 13.3. The number of aromatic nitrogens is 3. The van der Waals surface area contributed by atoms with Crippen molar-refractivity contribution < 1.29 is 0 Å². The van der Waals surface area contributed by atoms with E-state index in [4.69, 9.17) is 0 Å². The number of thiophene rings is 1. The number of pyridine rings is 1. The summed E-state index contributed by atoms with van der Waals surface area (Å²) in [6, 6.07) is 6.05. The van der Waals surface area contributed by atoms with Gasteiger partial charge in [-0.25, -0.2) is 9.97 Å². The Morgan fingerprint density at radius 3 is 2.96 bits per heavy atom. The van der Waals surface area contributed by atoms with Crippen LogP contribution in [0.25, 0.3) is 10.2 Å². The fourth-order valence-corrected chi connectivity index (χ4v) is 4.55. The molecule has 0 bridgehead atoms. The molecule has 118 valence electrons. The highest BCUT2D eigenvalue weighted by atomic mass is 32.1. The Balaban J connectivity index is 1.62. The van der Waals surface area contributed by atoms with E-state index >= 15 is 0 Å². The average Bonchev–Trinajstić information content (AvgIpc) is 2.93. The summed E-state index contributed by atoms with van der Waals surface area (Å²) in [6.07, 6.45) is 7.68. The predicted molar refractivity (Wildman–Crippen MR) is 95.2 cm³/mol. The molecule has 0 aromatic carbocycles. The Kier molecular flexibility index (Phi) is 3.95. The summed E-state index contributed by atoms with van der Waals surface area (Å²) in [5, 5.41) is 4.79. The lowest BCUT2D eigenvalue weighted by molar-refractivity contribution is 0.700. The molecule has 0 atom stereocenters. The second-order valence-corrected chi connectivity index (χ2v) is 7.09. The molecule has 4 rings (SSSR count). The summed E-state index contributed by atoms with van der Waals surface area (Å²) in [4.78, 5) is 16.4. The Morgan fingerprint density at radius 1 is 1.17 bits per heavy atom. The minimum absolute atomic E-state index is 0.840. The van der Waals surface area contributed by atoms with Crippen LogP contribution in [-0.2, 0) is 19.3 Å². The van der Waals surface area contributed by atoms with Gasteiger partial charge in [-0.2, -0.15) is 0 Å². The van der Waals surface area contributed by atoms with Gasteiger partial charge in [0.2, 0.25) is 0 Å². The van der Waals surface area contributed by atoms with E-state index in [0.717, 1.165) is 41.6 Å². The van der Waals surface area contributed by atoms with Gasteiger partial charge >= 0.3 is 0 Å². The van der Waals surface area contributed by atoms with Crippen molar-refractivity contribution >= 4 is 27.4 Å². The molecule has 0 fully saturated rings. The Morgan fingerprint density at radius 2 is 2.09 bits per heavy atom. The summed E-state index contributed by atoms with van der Waals surface area (Å²) in [5.41, 5.74) is 2.59. The first-order chi connectivity index (χ1) is 11.3. The molecule has 4 nitrogen and oxygen atoms in total. The molecule has 0 spiro atoms. The van der Waals surface area contributed by atoms with Gasteiger partial charge in [-0.3, -0.25) is 4.98 Å². The molecule has 1 N–H and O–H groups in total. The van der Waals surface area contributed by atoms with E-state index in [9.17, 15) is 0 Å². The second kappa shape index (κ2) is 6.24. The van der Waals surface area contributed by atoms with Gasteiger partial charge < -0.3 is 5.32 Å². The summed E-state index contributed by atoms with van der Waals surface area (Å²) in [7, 11) is 0. The van der Waals surface area contributed by atoms with Crippen LogP contribution in [0.2, 0.25) is 0 Å². The van der Waals surface area contributed by atoms with Crippen molar-refractivity contribution in [2.24, 2.45) is 0 Å². The Labute approximate surface area is 140 Å². The molecular weight excluding hydrogens is 304 g/mol. The molecule has 3 aromatic rings. The van der Waals surface area contributed by atoms with Crippen molar-refractivity contribution in [3.8, 4) is 0 Å². The van der Waals surface area contributed by atoms with Crippen LogP contribution >= 0.6 is 11.3 Å². The molecule has 23 heavy (non-hydrogen) atoms. The average molecular weight is 324 g/mol. The third-order valence-electron chi connectivity index (χ3n) is 4.33. The van der Waals surface area contributed by atoms with Crippen LogP contribution < -0.4 is 5.32 Å². The SMILES string of the molecule is Cc1nc(NCCc2ccccn2)c2c3c(sc2n1)CCCC3. The second-order valence-electron chi connectivity index (χ2n) is 6.01. The molecule has 3 aromatic heterocycles. The van der Waals surface area contributed by atoms with Crippen LogP contribution in [0.5, 0.6) is 0 Å². The van der Waals surface area contributed by atoms with E-state index in [1.165, 1.54) is 35.1 Å². The highest BCUT2D eigenvalue weighted by Crippen LogP contribution is 2.38. The third kappa shape index (κ3) is 2.93. The number of anilines is 1. The molecule has 0 saturated carbocycles. The topological polar surface area (TPSA) is 50.7 Å². The summed E-state index contributed by atoms with van der Waals surface area (Å²) < 4.78 is 0. The van der Waals surface area contributed by atoms with Gasteiger partial charge in [0.1, 0.15) is 16.5 Å². The van der Waals surface area contributed by atoms with Crippen LogP contribution in [0.3, 0.4) is 0 Å². The standard InChI is InChI=1S/C18H20N4S/c1-12-21-17(20-11-9-13-6-4-5-10-19-13)16-14-7-2-3-8-15(14)23-18(16)22-12/h4-6,10H,2-3,7-9,11H2,1H3,(H,20,21,22). The Hall–Kier alpha value is -2.01. The maximum Gasteiger partial charge on any atom is 0.138 e. The molecule has 0 saturated heterocycles. The van der Waals surface area contributed by atoms with E-state index in [1.54, 1.807) is 0 Å². The van der Waals surface area contributed by atoms with Crippen molar-refractivity contribution in [1.82, 2.24) is 15.0 Å². The zero-order chi connectivity index (χ0) is 15.6. The van der Waals surface area contributed by atoms with E-state index in [1.807, 2.05) is 36.6 Å². The van der Waals surface area contributed by atoms with Crippen LogP contribution in [0.1, 0.15) is 34.8 Å². The molecule has 0 radical (unpaired) electrons. The largest absolute Gasteiger partial charge is 0.369 e. The summed E-state index contributed by atoms with van der Waals surface area (Å²) >= 11 is 1.85. The van der Waals surface area contributed by atoms with Gasteiger partial charge in [-0.1, -0.05) is 6.07 Å². The van der Waals surface area contributed by atoms with Gasteiger partial charge in [-0.15, -0.1) is 11.3 Å². The first-order valence-corrected chi connectivity index (χ1v) is 9.05. The van der Waals surface area contributed by atoms with Gasteiger partial charge in [0, 0.05) is 29.7 Å². The molecule has 0 aliphatic heterocycles. The van der Waals surface area contributed by atoms with Crippen molar-refractivity contribution in [1.29, 1.82) is 0 Å². The van der Waals surface area contributed by atoms with Crippen molar-refractivity contribution in [2.45, 2.75) is 39.0 Å². The number of hydrogen-bond donors (Lipinski definition) is 1. The fraction of sp³-hybridized carbons (Fsp3) is 0.389. The van der Waals surface area contributed by atoms with Crippen molar-refractivity contribution in [2.75, 3.05) is 11.9 Å². The number of fused-ring (bicyclic) bond motifs is 3. The third-order valence-corrected chi connectivity index (χ3v) is 5.51. The number of nitrogens with zero attached hydrogens (tertiary/aromatic N) is 3. The lowest BCUT2D eigenvalue weighted by atomic mass is 9.97. The van der Waals surface area contributed by atoms with Gasteiger partial charge in [-0.05, 0) is 50.3 Å². The number of hydrogen-bond acceptors (Lipinski definition) is 5. The molecule has 0 unspecified atom stereocenters. The lowest BCUT2D eigenvalue weighted by Gasteiger charge is -2.13. The highest BCUT2D eigenvalue weighted by Gasteiger charge is 2.20. The van der Waals surface area contributed by atoms with Gasteiger partial charge in [0.05, 0.1) is 5.39 Å². The van der Waals surface area contributed by atoms with Gasteiger partial charge in [0.25, 0.3) is 0 Å². The number of aryl methyl sites for hydroxylation is 3. The summed E-state index contributed by atoms with van der Waals surface area (Å²) in [5.74, 6) is 1.85. The molecule has 3 heterocycles. The maximum absolute atomic E-state index is 4.68. The molecule has 5 heteroatoms. The van der Waals surface area contributed by atoms with Crippen LogP contribution in [0.4, 0.5) is 5.82 Å². The maximum atomic E-state index is 4.68. The molecule has 1 aliphatic rings. The Bertz CT molecular complexity index is 826. The lowest BCUT2D eigenvalue weighted by Crippen LogP contribution is -2.09. The summed E-state index contributed by atoms with van der Waals surface area (Å²) in [6.45, 7) is 2.81. The van der Waals surface area contributed by atoms with E-state index in [-0.39, 0.29) is 0 Å². The minimum Gasteiger partial charge on any atom is -0.369 e. The first-order valence-electron chi connectivity index (χ1n) is 8.24. The van der Waals surface area contributed by atoms with Crippen LogP contribution in [0, 0.1) is 6.92 Å². The first kappa shape index (κ1) is 14.6. The minimum atomic E-state index is 0.840. The van der Waals surface area contributed by atoms with E-state index < -0.39 is 0 Å². The highest BCUT2D eigenvalue weighted by molar-refractivity contribution is 7.19. The fourth-order valence-electron chi connectivity index (χ4n) is 3.25. The van der Waals surface area contributed by atoms with Crippen LogP contribution in [-0.4, -0.2) is 21.5 Å². The van der Waals surface area contributed by atoms with E-state index in [2.05, 4.69) is 26.3 Å².